The van der Waals surface area contributed by atoms with Crippen LogP contribution in [0.25, 0.3) is 0 Å². The molecule has 0 spiro atoms. The molecule has 1 aromatic carbocycles. The monoisotopic (exact) mass is 255 g/mol. The first-order chi connectivity index (χ1) is 7.99. The Labute approximate surface area is 107 Å². The fourth-order valence-electron chi connectivity index (χ4n) is 1.47. The van der Waals surface area contributed by atoms with Crippen molar-refractivity contribution in [3.05, 3.63) is 34.9 Å². The fourth-order valence-corrected chi connectivity index (χ4v) is 1.68. The van der Waals surface area contributed by atoms with Crippen molar-refractivity contribution in [2.45, 2.75) is 39.3 Å². The van der Waals surface area contributed by atoms with Crippen molar-refractivity contribution < 1.29 is 9.53 Å². The Bertz CT molecular complexity index is 379. The number of rotatable bonds is 4. The average Bonchev–Trinajstić information content (AvgIpc) is 2.19. The number of alkyl carbamates (subject to hydrolysis) is 1. The fraction of sp³-hybridized carbons (Fsp3) is 0.462. The van der Waals surface area contributed by atoms with Gasteiger partial charge in [0.15, 0.2) is 0 Å². The Balaban J connectivity index is 2.47. The zero-order chi connectivity index (χ0) is 12.8. The standard InChI is InChI=1S/C13H18ClNO2/c1-9(2)15-13(16)17-10(3)8-11-6-4-5-7-12(11)14/h4-7,9-10H,8H2,1-3H3,(H,15,16)/t10-/m0/s1. The van der Waals surface area contributed by atoms with Gasteiger partial charge in [-0.05, 0) is 32.4 Å². The van der Waals surface area contributed by atoms with E-state index in [1.807, 2.05) is 45.0 Å². The van der Waals surface area contributed by atoms with E-state index < -0.39 is 0 Å². The van der Waals surface area contributed by atoms with Gasteiger partial charge in [-0.25, -0.2) is 4.79 Å². The Hall–Kier alpha value is -1.22. The van der Waals surface area contributed by atoms with Gasteiger partial charge in [-0.3, -0.25) is 0 Å². The maximum atomic E-state index is 11.4. The van der Waals surface area contributed by atoms with Crippen LogP contribution in [0.1, 0.15) is 26.3 Å². The van der Waals surface area contributed by atoms with E-state index in [4.69, 9.17) is 16.3 Å². The summed E-state index contributed by atoms with van der Waals surface area (Å²) in [6, 6.07) is 7.64. The highest BCUT2D eigenvalue weighted by Crippen LogP contribution is 2.17. The molecule has 0 radical (unpaired) electrons. The maximum Gasteiger partial charge on any atom is 0.407 e. The summed E-state index contributed by atoms with van der Waals surface area (Å²) in [7, 11) is 0. The number of hydrogen-bond donors (Lipinski definition) is 1. The Morgan fingerprint density at radius 3 is 2.59 bits per heavy atom. The predicted molar refractivity (Wildman–Crippen MR) is 69.4 cm³/mol. The number of halogens is 1. The summed E-state index contributed by atoms with van der Waals surface area (Å²) in [6.07, 6.45) is 0.0266. The molecular weight excluding hydrogens is 238 g/mol. The molecule has 1 rings (SSSR count). The van der Waals surface area contributed by atoms with Crippen LogP contribution in [0.4, 0.5) is 4.79 Å². The van der Waals surface area contributed by atoms with E-state index >= 15 is 0 Å². The van der Waals surface area contributed by atoms with Crippen molar-refractivity contribution in [1.29, 1.82) is 0 Å². The second kappa shape index (κ2) is 6.50. The van der Waals surface area contributed by atoms with E-state index in [2.05, 4.69) is 5.32 Å². The molecule has 0 heterocycles. The van der Waals surface area contributed by atoms with Gasteiger partial charge in [-0.15, -0.1) is 0 Å². The van der Waals surface area contributed by atoms with Crippen LogP contribution in [0.2, 0.25) is 5.02 Å². The Morgan fingerprint density at radius 1 is 1.35 bits per heavy atom. The van der Waals surface area contributed by atoms with E-state index in [9.17, 15) is 4.79 Å². The van der Waals surface area contributed by atoms with Gasteiger partial charge in [-0.1, -0.05) is 29.8 Å². The molecule has 1 N–H and O–H groups in total. The first-order valence-corrected chi connectivity index (χ1v) is 6.07. The van der Waals surface area contributed by atoms with Crippen LogP contribution in [0, 0.1) is 0 Å². The highest BCUT2D eigenvalue weighted by atomic mass is 35.5. The van der Waals surface area contributed by atoms with Gasteiger partial charge < -0.3 is 10.1 Å². The van der Waals surface area contributed by atoms with Crippen molar-refractivity contribution in [1.82, 2.24) is 5.32 Å². The van der Waals surface area contributed by atoms with E-state index in [0.29, 0.717) is 11.4 Å². The quantitative estimate of drug-likeness (QED) is 0.896. The van der Waals surface area contributed by atoms with Crippen LogP contribution in [-0.2, 0) is 11.2 Å². The van der Waals surface area contributed by atoms with Crippen LogP contribution in [0.3, 0.4) is 0 Å². The van der Waals surface area contributed by atoms with Gasteiger partial charge in [0.25, 0.3) is 0 Å². The molecule has 0 aromatic heterocycles. The van der Waals surface area contributed by atoms with Crippen LogP contribution in [0.15, 0.2) is 24.3 Å². The molecule has 1 atom stereocenters. The van der Waals surface area contributed by atoms with Crippen LogP contribution in [-0.4, -0.2) is 18.2 Å². The smallest absolute Gasteiger partial charge is 0.407 e. The van der Waals surface area contributed by atoms with Crippen molar-refractivity contribution in [3.8, 4) is 0 Å². The molecule has 0 bridgehead atoms. The first kappa shape index (κ1) is 13.8. The minimum Gasteiger partial charge on any atom is -0.446 e. The topological polar surface area (TPSA) is 38.3 Å². The van der Waals surface area contributed by atoms with E-state index in [1.54, 1.807) is 0 Å². The number of benzene rings is 1. The normalized spacial score (nSPS) is 12.3. The number of ether oxygens (including phenoxy) is 1. The molecular formula is C13H18ClNO2. The third-order valence-corrected chi connectivity index (χ3v) is 2.55. The third kappa shape index (κ3) is 5.09. The molecule has 1 amide bonds. The molecule has 0 saturated carbocycles. The lowest BCUT2D eigenvalue weighted by Crippen LogP contribution is -2.33. The van der Waals surface area contributed by atoms with Crippen LogP contribution >= 0.6 is 11.6 Å². The SMILES string of the molecule is CC(C)NC(=O)O[C@@H](C)Cc1ccccc1Cl. The van der Waals surface area contributed by atoms with Crippen molar-refractivity contribution in [3.63, 3.8) is 0 Å². The highest BCUT2D eigenvalue weighted by Gasteiger charge is 2.12. The molecule has 3 nitrogen and oxygen atoms in total. The molecule has 1 aromatic rings. The molecule has 0 fully saturated rings. The summed E-state index contributed by atoms with van der Waals surface area (Å²) in [5, 5.41) is 3.38. The van der Waals surface area contributed by atoms with Gasteiger partial charge in [-0.2, -0.15) is 0 Å². The second-order valence-corrected chi connectivity index (χ2v) is 4.72. The van der Waals surface area contributed by atoms with Gasteiger partial charge in [0.1, 0.15) is 6.10 Å². The number of carbonyl (C=O) groups excluding carboxylic acids is 1. The van der Waals surface area contributed by atoms with Crippen molar-refractivity contribution in [2.75, 3.05) is 0 Å². The number of carbonyl (C=O) groups is 1. The van der Waals surface area contributed by atoms with Crippen LogP contribution in [0.5, 0.6) is 0 Å². The lowest BCUT2D eigenvalue weighted by atomic mass is 10.1. The Kier molecular flexibility index (Phi) is 5.29. The lowest BCUT2D eigenvalue weighted by molar-refractivity contribution is 0.105. The molecule has 0 aliphatic heterocycles. The third-order valence-electron chi connectivity index (χ3n) is 2.18. The van der Waals surface area contributed by atoms with E-state index in [0.717, 1.165) is 5.56 Å². The van der Waals surface area contributed by atoms with Gasteiger partial charge in [0.05, 0.1) is 0 Å². The molecule has 17 heavy (non-hydrogen) atoms. The van der Waals surface area contributed by atoms with Gasteiger partial charge in [0.2, 0.25) is 0 Å². The molecule has 0 saturated heterocycles. The maximum absolute atomic E-state index is 11.4. The zero-order valence-corrected chi connectivity index (χ0v) is 11.1. The average molecular weight is 256 g/mol. The molecule has 0 aliphatic rings. The minimum atomic E-state index is -0.389. The highest BCUT2D eigenvalue weighted by molar-refractivity contribution is 6.31. The van der Waals surface area contributed by atoms with E-state index in [-0.39, 0.29) is 18.2 Å². The summed E-state index contributed by atoms with van der Waals surface area (Å²) >= 11 is 6.03. The summed E-state index contributed by atoms with van der Waals surface area (Å²) in [4.78, 5) is 11.4. The van der Waals surface area contributed by atoms with Crippen LogP contribution < -0.4 is 5.32 Å². The van der Waals surface area contributed by atoms with Crippen molar-refractivity contribution >= 4 is 17.7 Å². The molecule has 94 valence electrons. The predicted octanol–water partition coefficient (Wildman–Crippen LogP) is 3.41. The molecule has 0 aliphatic carbocycles. The second-order valence-electron chi connectivity index (χ2n) is 4.31. The van der Waals surface area contributed by atoms with E-state index in [1.165, 1.54) is 0 Å². The van der Waals surface area contributed by atoms with Gasteiger partial charge >= 0.3 is 6.09 Å². The largest absolute Gasteiger partial charge is 0.446 e. The van der Waals surface area contributed by atoms with Crippen molar-refractivity contribution in [2.24, 2.45) is 0 Å². The summed E-state index contributed by atoms with van der Waals surface area (Å²) in [5.74, 6) is 0. The number of nitrogens with one attached hydrogen (secondary N) is 1. The lowest BCUT2D eigenvalue weighted by Gasteiger charge is -2.16. The zero-order valence-electron chi connectivity index (χ0n) is 10.4. The summed E-state index contributed by atoms with van der Waals surface area (Å²) < 4.78 is 5.21. The first-order valence-electron chi connectivity index (χ1n) is 5.69. The Morgan fingerprint density at radius 2 is 2.00 bits per heavy atom. The number of hydrogen-bond acceptors (Lipinski definition) is 2. The summed E-state index contributed by atoms with van der Waals surface area (Å²) in [5.41, 5.74) is 0.985. The van der Waals surface area contributed by atoms with Gasteiger partial charge in [0, 0.05) is 17.5 Å². The minimum absolute atomic E-state index is 0.0787. The number of amides is 1. The summed E-state index contributed by atoms with van der Waals surface area (Å²) in [6.45, 7) is 5.63. The molecule has 4 heteroatoms. The molecule has 0 unspecified atom stereocenters.